The average Bonchev–Trinajstić information content (AvgIpc) is 3.42. The van der Waals surface area contributed by atoms with Crippen LogP contribution in [-0.4, -0.2) is 67.0 Å². The van der Waals surface area contributed by atoms with Crippen molar-refractivity contribution in [2.24, 2.45) is 5.92 Å². The van der Waals surface area contributed by atoms with E-state index in [2.05, 4.69) is 20.4 Å². The van der Waals surface area contributed by atoms with E-state index in [1.807, 2.05) is 12.1 Å². The molecular formula is C27H32ClN5O5S. The van der Waals surface area contributed by atoms with E-state index in [-0.39, 0.29) is 16.7 Å². The Balaban J connectivity index is 1.19. The third-order valence-corrected chi connectivity index (χ3v) is 9.38. The first-order chi connectivity index (χ1) is 18.8. The second kappa shape index (κ2) is 12.0. The molecule has 2 aliphatic rings. The normalized spacial score (nSPS) is 17.7. The van der Waals surface area contributed by atoms with E-state index in [0.717, 1.165) is 24.8 Å². The molecule has 0 aliphatic carbocycles. The summed E-state index contributed by atoms with van der Waals surface area (Å²) in [6, 6.07) is 11.9. The number of sulfonamides is 1. The topological polar surface area (TPSA) is 118 Å². The molecule has 39 heavy (non-hydrogen) atoms. The number of hydrogen-bond donors (Lipinski definition) is 1. The van der Waals surface area contributed by atoms with Gasteiger partial charge in [0.25, 0.3) is 0 Å². The van der Waals surface area contributed by atoms with Gasteiger partial charge in [0, 0.05) is 29.6 Å². The standard InChI is InChI=1S/C27H32ClN5O5S/c1-37-24-9-8-22(39(35,36)33-12-3-2-4-13-33)17-23(24)29-27(34)19-10-14-32(15-11-19)18-25-30-26(31-38-25)20-6-5-7-21(28)16-20/h5-9,16-17,19H,2-4,10-15,18H2,1H3,(H,29,34). The van der Waals surface area contributed by atoms with Gasteiger partial charge in [0.05, 0.1) is 24.2 Å². The molecule has 10 nitrogen and oxygen atoms in total. The smallest absolute Gasteiger partial charge is 0.243 e. The number of carbonyl (C=O) groups excluding carboxylic acids is 1. The number of nitrogens with one attached hydrogen (secondary N) is 1. The number of benzene rings is 2. The number of aromatic nitrogens is 2. The summed E-state index contributed by atoms with van der Waals surface area (Å²) < 4.78 is 38.7. The zero-order valence-electron chi connectivity index (χ0n) is 21.8. The lowest BCUT2D eigenvalue weighted by Crippen LogP contribution is -2.38. The lowest BCUT2D eigenvalue weighted by Gasteiger charge is -2.30. The van der Waals surface area contributed by atoms with Crippen LogP contribution in [0, 0.1) is 5.92 Å². The Kier molecular flexibility index (Phi) is 8.51. The number of rotatable bonds is 8. The fourth-order valence-electron chi connectivity index (χ4n) is 5.04. The summed E-state index contributed by atoms with van der Waals surface area (Å²) in [5, 5.41) is 7.58. The van der Waals surface area contributed by atoms with Crippen molar-refractivity contribution in [2.45, 2.75) is 43.5 Å². The van der Waals surface area contributed by atoms with Gasteiger partial charge >= 0.3 is 0 Å². The minimum atomic E-state index is -3.63. The highest BCUT2D eigenvalue weighted by Gasteiger charge is 2.29. The maximum absolute atomic E-state index is 13.2. The first-order valence-corrected chi connectivity index (χ1v) is 15.0. The Morgan fingerprint density at radius 3 is 2.59 bits per heavy atom. The van der Waals surface area contributed by atoms with Crippen LogP contribution in [0.1, 0.15) is 38.0 Å². The highest BCUT2D eigenvalue weighted by Crippen LogP contribution is 2.31. The third kappa shape index (κ3) is 6.43. The minimum Gasteiger partial charge on any atom is -0.495 e. The van der Waals surface area contributed by atoms with Crippen LogP contribution in [0.3, 0.4) is 0 Å². The van der Waals surface area contributed by atoms with E-state index in [0.29, 0.717) is 73.7 Å². The fourth-order valence-corrected chi connectivity index (χ4v) is 6.78. The predicted octanol–water partition coefficient (Wildman–Crippen LogP) is 4.42. The molecule has 1 amide bonds. The van der Waals surface area contributed by atoms with Gasteiger partial charge in [-0.2, -0.15) is 9.29 Å². The van der Waals surface area contributed by atoms with Gasteiger partial charge in [-0.1, -0.05) is 35.3 Å². The molecule has 0 radical (unpaired) electrons. The van der Waals surface area contributed by atoms with Gasteiger partial charge in [-0.25, -0.2) is 8.42 Å². The molecule has 3 aromatic rings. The maximum atomic E-state index is 13.2. The molecule has 2 aliphatic heterocycles. The van der Waals surface area contributed by atoms with Gasteiger partial charge < -0.3 is 14.6 Å². The van der Waals surface area contributed by atoms with Crippen molar-refractivity contribution in [3.63, 3.8) is 0 Å². The van der Waals surface area contributed by atoms with Crippen molar-refractivity contribution >= 4 is 33.2 Å². The molecule has 2 aromatic carbocycles. The largest absolute Gasteiger partial charge is 0.495 e. The number of amides is 1. The van der Waals surface area contributed by atoms with E-state index >= 15 is 0 Å². The molecule has 0 spiro atoms. The first-order valence-electron chi connectivity index (χ1n) is 13.1. The van der Waals surface area contributed by atoms with Gasteiger partial charge in [-0.15, -0.1) is 0 Å². The monoisotopic (exact) mass is 573 g/mol. The molecule has 0 saturated carbocycles. The van der Waals surface area contributed by atoms with Crippen LogP contribution in [0.2, 0.25) is 5.02 Å². The Morgan fingerprint density at radius 2 is 1.87 bits per heavy atom. The Labute approximate surface area is 233 Å². The number of anilines is 1. The SMILES string of the molecule is COc1ccc(S(=O)(=O)N2CCCCC2)cc1NC(=O)C1CCN(Cc2nc(-c3cccc(Cl)c3)no2)CC1. The lowest BCUT2D eigenvalue weighted by molar-refractivity contribution is -0.121. The summed E-state index contributed by atoms with van der Waals surface area (Å²) in [4.78, 5) is 20.0. The fraction of sp³-hybridized carbons (Fsp3) is 0.444. The predicted molar refractivity (Wildman–Crippen MR) is 147 cm³/mol. The van der Waals surface area contributed by atoms with Crippen molar-refractivity contribution in [3.8, 4) is 17.1 Å². The number of halogens is 1. The van der Waals surface area contributed by atoms with Crippen LogP contribution in [0.5, 0.6) is 5.75 Å². The number of ether oxygens (including phenoxy) is 1. The molecule has 1 N–H and O–H groups in total. The van der Waals surface area contributed by atoms with Crippen molar-refractivity contribution < 1.29 is 22.5 Å². The molecule has 2 saturated heterocycles. The number of carbonyl (C=O) groups is 1. The molecular weight excluding hydrogens is 542 g/mol. The molecule has 3 heterocycles. The van der Waals surface area contributed by atoms with Crippen LogP contribution in [0.25, 0.3) is 11.4 Å². The summed E-state index contributed by atoms with van der Waals surface area (Å²) in [7, 11) is -2.13. The highest BCUT2D eigenvalue weighted by molar-refractivity contribution is 7.89. The van der Waals surface area contributed by atoms with E-state index in [1.54, 1.807) is 18.2 Å². The summed E-state index contributed by atoms with van der Waals surface area (Å²) in [5.74, 6) is 1.05. The van der Waals surface area contributed by atoms with Gasteiger partial charge in [0.1, 0.15) is 5.75 Å². The zero-order valence-corrected chi connectivity index (χ0v) is 23.4. The summed E-state index contributed by atoms with van der Waals surface area (Å²) in [6.45, 7) is 2.90. The first kappa shape index (κ1) is 27.6. The molecule has 208 valence electrons. The van der Waals surface area contributed by atoms with E-state index in [1.165, 1.54) is 23.5 Å². The summed E-state index contributed by atoms with van der Waals surface area (Å²) >= 11 is 6.06. The summed E-state index contributed by atoms with van der Waals surface area (Å²) in [6.07, 6.45) is 4.04. The molecule has 0 unspecified atom stereocenters. The van der Waals surface area contributed by atoms with Crippen LogP contribution >= 0.6 is 11.6 Å². The van der Waals surface area contributed by atoms with Crippen molar-refractivity contribution in [2.75, 3.05) is 38.6 Å². The van der Waals surface area contributed by atoms with Crippen molar-refractivity contribution in [1.29, 1.82) is 0 Å². The van der Waals surface area contributed by atoms with E-state index in [4.69, 9.17) is 20.9 Å². The second-order valence-electron chi connectivity index (χ2n) is 9.89. The van der Waals surface area contributed by atoms with Gasteiger partial charge in [-0.3, -0.25) is 9.69 Å². The lowest BCUT2D eigenvalue weighted by atomic mass is 9.96. The quantitative estimate of drug-likeness (QED) is 0.421. The Bertz CT molecular complexity index is 1420. The van der Waals surface area contributed by atoms with Gasteiger partial charge in [-0.05, 0) is 69.1 Å². The number of likely N-dealkylation sites (tertiary alicyclic amines) is 1. The molecule has 0 atom stereocenters. The molecule has 5 rings (SSSR count). The van der Waals surface area contributed by atoms with Crippen molar-refractivity contribution in [3.05, 3.63) is 53.4 Å². The Morgan fingerprint density at radius 1 is 1.10 bits per heavy atom. The number of piperidine rings is 2. The molecule has 2 fully saturated rings. The minimum absolute atomic E-state index is 0.151. The highest BCUT2D eigenvalue weighted by atomic mass is 35.5. The van der Waals surface area contributed by atoms with Crippen LogP contribution in [-0.2, 0) is 21.4 Å². The maximum Gasteiger partial charge on any atom is 0.243 e. The van der Waals surface area contributed by atoms with Gasteiger partial charge in [0.2, 0.25) is 27.6 Å². The van der Waals surface area contributed by atoms with Crippen LogP contribution < -0.4 is 10.1 Å². The Hall–Kier alpha value is -2.99. The number of hydrogen-bond acceptors (Lipinski definition) is 8. The van der Waals surface area contributed by atoms with Crippen LogP contribution in [0.4, 0.5) is 5.69 Å². The van der Waals surface area contributed by atoms with Crippen molar-refractivity contribution in [1.82, 2.24) is 19.3 Å². The van der Waals surface area contributed by atoms with Gasteiger partial charge in [0.15, 0.2) is 0 Å². The van der Waals surface area contributed by atoms with Crippen LogP contribution in [0.15, 0.2) is 51.9 Å². The zero-order chi connectivity index (χ0) is 27.4. The molecule has 0 bridgehead atoms. The average molecular weight is 574 g/mol. The van der Waals surface area contributed by atoms with E-state index in [9.17, 15) is 13.2 Å². The molecule has 1 aromatic heterocycles. The third-order valence-electron chi connectivity index (χ3n) is 7.25. The molecule has 12 heteroatoms. The number of nitrogens with zero attached hydrogens (tertiary/aromatic N) is 4. The summed E-state index contributed by atoms with van der Waals surface area (Å²) in [5.41, 5.74) is 1.15. The number of methoxy groups -OCH3 is 1. The van der Waals surface area contributed by atoms with E-state index < -0.39 is 10.0 Å². The second-order valence-corrected chi connectivity index (χ2v) is 12.3.